The van der Waals surface area contributed by atoms with Crippen LogP contribution in [0, 0.1) is 0 Å². The minimum absolute atomic E-state index is 1.14. The van der Waals surface area contributed by atoms with Gasteiger partial charge in [-0.15, -0.1) is 0 Å². The summed E-state index contributed by atoms with van der Waals surface area (Å²) in [5.74, 6) is 0. The highest BCUT2D eigenvalue weighted by atomic mass is 14.6. The van der Waals surface area contributed by atoms with Crippen LogP contribution in [0.5, 0.6) is 0 Å². The smallest absolute Gasteiger partial charge is 0.0346 e. The molecule has 0 bridgehead atoms. The lowest BCUT2D eigenvalue weighted by Gasteiger charge is -2.10. The van der Waals surface area contributed by atoms with Crippen LogP contribution in [0.3, 0.4) is 0 Å². The highest BCUT2D eigenvalue weighted by Crippen LogP contribution is 2.48. The first kappa shape index (κ1) is 24.2. The largest absolute Gasteiger partial charge is 0.264 e. The van der Waals surface area contributed by atoms with Crippen molar-refractivity contribution in [3.05, 3.63) is 146 Å². The first-order valence-corrected chi connectivity index (χ1v) is 15.8. The van der Waals surface area contributed by atoms with Crippen LogP contribution in [0.25, 0.3) is 108 Å². The summed E-state index contributed by atoms with van der Waals surface area (Å²) in [4.78, 5) is 8.71. The molecule has 2 nitrogen and oxygen atoms in total. The molecule has 0 aliphatic heterocycles. The molecule has 11 aromatic rings. The predicted molar refractivity (Wildman–Crippen MR) is 195 cm³/mol. The Morgan fingerprint density at radius 2 is 0.783 bits per heavy atom. The van der Waals surface area contributed by atoms with Crippen LogP contribution < -0.4 is 0 Å². The quantitative estimate of drug-likeness (QED) is 0.190. The summed E-state index contributed by atoms with van der Waals surface area (Å²) >= 11 is 0. The highest BCUT2D eigenvalue weighted by Gasteiger charge is 2.20. The molecule has 0 atom stereocenters. The van der Waals surface area contributed by atoms with E-state index in [9.17, 15) is 0 Å². The van der Waals surface area contributed by atoms with E-state index in [0.717, 1.165) is 11.1 Å². The third kappa shape index (κ3) is 3.15. The summed E-state index contributed by atoms with van der Waals surface area (Å²) in [6.07, 6.45) is 7.54. The lowest BCUT2D eigenvalue weighted by Crippen LogP contribution is -1.82. The van der Waals surface area contributed by atoms with Crippen molar-refractivity contribution >= 4 is 86.2 Å². The van der Waals surface area contributed by atoms with Crippen LogP contribution in [0.4, 0.5) is 0 Å². The molecule has 0 aliphatic rings. The van der Waals surface area contributed by atoms with E-state index in [2.05, 4.69) is 119 Å². The van der Waals surface area contributed by atoms with Gasteiger partial charge in [-0.1, -0.05) is 72.8 Å². The molecule has 46 heavy (non-hydrogen) atoms. The number of fused-ring (bicyclic) bond motifs is 10. The minimum Gasteiger partial charge on any atom is -0.264 e. The molecule has 0 amide bonds. The van der Waals surface area contributed by atoms with Gasteiger partial charge in [-0.3, -0.25) is 9.97 Å². The van der Waals surface area contributed by atoms with Gasteiger partial charge in [0.1, 0.15) is 0 Å². The first-order chi connectivity index (χ1) is 22.8. The molecule has 0 saturated carbocycles. The van der Waals surface area contributed by atoms with Crippen molar-refractivity contribution in [3.63, 3.8) is 0 Å². The second-order valence-electron chi connectivity index (χ2n) is 12.6. The van der Waals surface area contributed by atoms with Gasteiger partial charge in [0.2, 0.25) is 0 Å². The Morgan fingerprint density at radius 3 is 1.39 bits per heavy atom. The molecule has 0 saturated heterocycles. The molecule has 11 rings (SSSR count). The number of benzene rings is 7. The summed E-state index contributed by atoms with van der Waals surface area (Å²) < 4.78 is 0. The number of rotatable bonds is 2. The van der Waals surface area contributed by atoms with Crippen molar-refractivity contribution in [2.75, 3.05) is 0 Å². The zero-order valence-electron chi connectivity index (χ0n) is 24.8. The van der Waals surface area contributed by atoms with E-state index in [4.69, 9.17) is 0 Å². The van der Waals surface area contributed by atoms with E-state index in [-0.39, 0.29) is 0 Å². The fourth-order valence-electron chi connectivity index (χ4n) is 8.21. The van der Waals surface area contributed by atoms with Crippen LogP contribution in [0.15, 0.2) is 146 Å². The SMILES string of the molecule is c1cncc(-c2ccc3cc4c(cc3c2)c2cccc3c5cc6c7ccc(-c8cccnc8)cc7c7cccc(c5cc4c23)c76)c1. The minimum atomic E-state index is 1.14. The Balaban J connectivity index is 1.23. The van der Waals surface area contributed by atoms with Crippen molar-refractivity contribution < 1.29 is 0 Å². The second-order valence-corrected chi connectivity index (χ2v) is 12.6. The van der Waals surface area contributed by atoms with Crippen molar-refractivity contribution in [1.82, 2.24) is 9.97 Å². The number of hydrogen-bond donors (Lipinski definition) is 0. The van der Waals surface area contributed by atoms with Crippen LogP contribution in [0.1, 0.15) is 0 Å². The zero-order chi connectivity index (χ0) is 29.9. The van der Waals surface area contributed by atoms with E-state index in [1.165, 1.54) is 97.3 Å². The topological polar surface area (TPSA) is 25.8 Å². The van der Waals surface area contributed by atoms with Crippen molar-refractivity contribution in [2.24, 2.45) is 0 Å². The van der Waals surface area contributed by atoms with Crippen LogP contribution in [-0.2, 0) is 0 Å². The van der Waals surface area contributed by atoms with Crippen LogP contribution in [0.2, 0.25) is 0 Å². The molecule has 0 unspecified atom stereocenters. The van der Waals surface area contributed by atoms with Crippen LogP contribution >= 0.6 is 0 Å². The second kappa shape index (κ2) is 8.74. The van der Waals surface area contributed by atoms with Gasteiger partial charge in [0.15, 0.2) is 0 Å². The Bertz CT molecular complexity index is 3000. The Morgan fingerprint density at radius 1 is 0.283 bits per heavy atom. The number of aromatic nitrogens is 2. The summed E-state index contributed by atoms with van der Waals surface area (Å²) in [7, 11) is 0. The number of hydrogen-bond acceptors (Lipinski definition) is 2. The van der Waals surface area contributed by atoms with Gasteiger partial charge in [-0.05, 0) is 146 Å². The molecular formula is C44H24N2. The molecule has 0 aliphatic carbocycles. The third-order valence-corrected chi connectivity index (χ3v) is 10.3. The monoisotopic (exact) mass is 580 g/mol. The first-order valence-electron chi connectivity index (χ1n) is 15.8. The molecule has 9 aromatic carbocycles. The Hall–Kier alpha value is -6.12. The fraction of sp³-hybridized carbons (Fsp3) is 0. The van der Waals surface area contributed by atoms with Gasteiger partial charge in [-0.2, -0.15) is 0 Å². The molecule has 0 fully saturated rings. The predicted octanol–water partition coefficient (Wildman–Crippen LogP) is 11.9. The van der Waals surface area contributed by atoms with Gasteiger partial charge >= 0.3 is 0 Å². The molecule has 0 radical (unpaired) electrons. The number of pyridine rings is 2. The molecule has 210 valence electrons. The third-order valence-electron chi connectivity index (χ3n) is 10.3. The highest BCUT2D eigenvalue weighted by molar-refractivity contribution is 6.41. The molecule has 0 spiro atoms. The summed E-state index contributed by atoms with van der Waals surface area (Å²) in [6.45, 7) is 0. The average molecular weight is 581 g/mol. The van der Waals surface area contributed by atoms with E-state index in [1.807, 2.05) is 36.9 Å². The molecule has 2 heteroatoms. The lowest BCUT2D eigenvalue weighted by molar-refractivity contribution is 1.33. The van der Waals surface area contributed by atoms with Gasteiger partial charge in [0.25, 0.3) is 0 Å². The molecule has 0 N–H and O–H groups in total. The van der Waals surface area contributed by atoms with Crippen LogP contribution in [-0.4, -0.2) is 9.97 Å². The maximum Gasteiger partial charge on any atom is 0.0346 e. The van der Waals surface area contributed by atoms with E-state index < -0.39 is 0 Å². The maximum atomic E-state index is 4.37. The van der Waals surface area contributed by atoms with Crippen molar-refractivity contribution in [1.29, 1.82) is 0 Å². The van der Waals surface area contributed by atoms with Gasteiger partial charge in [-0.25, -0.2) is 0 Å². The molecular weight excluding hydrogens is 556 g/mol. The Kier molecular flexibility index (Phi) is 4.61. The van der Waals surface area contributed by atoms with E-state index >= 15 is 0 Å². The van der Waals surface area contributed by atoms with E-state index in [1.54, 1.807) is 0 Å². The summed E-state index contributed by atoms with van der Waals surface area (Å²) in [6, 6.07) is 45.3. The summed E-state index contributed by atoms with van der Waals surface area (Å²) in [5, 5.41) is 21.1. The standard InChI is InChI=1S/C44H24N2/c1-7-32-36-18-26(29-6-4-16-46-24-29)13-14-31(36)41-21-39-35-10-2-8-33-37-20-30-17-25(28-5-3-15-45-23-28)11-12-27(30)19-38(37)42(44(33)35)22-40(39)34(9-1)43(32)41/h1-24H. The van der Waals surface area contributed by atoms with Gasteiger partial charge < -0.3 is 0 Å². The van der Waals surface area contributed by atoms with E-state index in [0.29, 0.717) is 0 Å². The average Bonchev–Trinajstić information content (AvgIpc) is 3.61. The Labute approximate surface area is 263 Å². The maximum absolute atomic E-state index is 4.37. The fourth-order valence-corrected chi connectivity index (χ4v) is 8.21. The van der Waals surface area contributed by atoms with Crippen molar-refractivity contribution in [2.45, 2.75) is 0 Å². The zero-order valence-corrected chi connectivity index (χ0v) is 24.8. The summed E-state index contributed by atoms with van der Waals surface area (Å²) in [5.41, 5.74) is 4.67. The van der Waals surface area contributed by atoms with Gasteiger partial charge in [0, 0.05) is 35.9 Å². The van der Waals surface area contributed by atoms with Crippen molar-refractivity contribution in [3.8, 4) is 22.3 Å². The molecule has 2 heterocycles. The van der Waals surface area contributed by atoms with Gasteiger partial charge in [0.05, 0.1) is 0 Å². The number of nitrogens with zero attached hydrogens (tertiary/aromatic N) is 2. The lowest BCUT2D eigenvalue weighted by atomic mass is 9.93. The normalized spacial score (nSPS) is 12.3. The molecule has 2 aromatic heterocycles.